The molecule has 0 aliphatic carbocycles. The van der Waals surface area contributed by atoms with Gasteiger partial charge in [0.05, 0.1) is 0 Å². The summed E-state index contributed by atoms with van der Waals surface area (Å²) in [4.78, 5) is 4.68. The summed E-state index contributed by atoms with van der Waals surface area (Å²) >= 11 is 0. The Morgan fingerprint density at radius 1 is 0.742 bits per heavy atom. The second kappa shape index (κ2) is 9.65. The monoisotopic (exact) mass is 405 g/mol. The molecule has 3 heteroatoms. The molecule has 0 aliphatic heterocycles. The zero-order valence-corrected chi connectivity index (χ0v) is 17.4. The van der Waals surface area contributed by atoms with Crippen molar-refractivity contribution in [2.24, 2.45) is 0 Å². The molecule has 0 saturated heterocycles. The Balaban J connectivity index is 1.65. The maximum Gasteiger partial charge on any atom is 0.225 e. The third kappa shape index (κ3) is 5.12. The van der Waals surface area contributed by atoms with E-state index in [4.69, 9.17) is 15.9 Å². The predicted octanol–water partition coefficient (Wildman–Crippen LogP) is 6.20. The van der Waals surface area contributed by atoms with Gasteiger partial charge in [-0.2, -0.15) is 4.98 Å². The zero-order valence-electron chi connectivity index (χ0n) is 17.4. The number of hydrogen-bond donors (Lipinski definition) is 0. The molecule has 1 heterocycles. The Bertz CT molecular complexity index is 1190. The van der Waals surface area contributed by atoms with Crippen LogP contribution in [0.1, 0.15) is 22.3 Å². The molecule has 0 radical (unpaired) electrons. The molecule has 4 rings (SSSR count). The first-order valence-corrected chi connectivity index (χ1v) is 10.1. The van der Waals surface area contributed by atoms with Crippen molar-refractivity contribution >= 4 is 0 Å². The standard InChI is InChI=1S/C28H23NO2/c1-3-22-15-14-21(2)26(18-22)25-16-17-27(30-19-23-10-6-4-7-11-23)29-28(25)31-20-24-12-8-5-9-13-24/h1,4-18H,19-20H2,2H3. The summed E-state index contributed by atoms with van der Waals surface area (Å²) < 4.78 is 12.1. The third-order valence-electron chi connectivity index (χ3n) is 4.98. The van der Waals surface area contributed by atoms with Crippen LogP contribution in [-0.2, 0) is 13.2 Å². The number of hydrogen-bond acceptors (Lipinski definition) is 3. The first-order valence-electron chi connectivity index (χ1n) is 10.1. The van der Waals surface area contributed by atoms with E-state index in [2.05, 4.69) is 17.8 Å². The minimum atomic E-state index is 0.414. The van der Waals surface area contributed by atoms with Gasteiger partial charge in [-0.05, 0) is 47.4 Å². The van der Waals surface area contributed by atoms with Crippen LogP contribution in [0.2, 0.25) is 0 Å². The normalized spacial score (nSPS) is 10.3. The van der Waals surface area contributed by atoms with Crippen LogP contribution in [0, 0.1) is 19.3 Å². The number of nitrogens with zero attached hydrogens (tertiary/aromatic N) is 1. The molecule has 31 heavy (non-hydrogen) atoms. The van der Waals surface area contributed by atoms with Crippen molar-refractivity contribution in [2.75, 3.05) is 0 Å². The third-order valence-corrected chi connectivity index (χ3v) is 4.98. The minimum absolute atomic E-state index is 0.414. The van der Waals surface area contributed by atoms with Gasteiger partial charge in [-0.1, -0.05) is 72.7 Å². The lowest BCUT2D eigenvalue weighted by molar-refractivity contribution is 0.268. The van der Waals surface area contributed by atoms with Gasteiger partial charge < -0.3 is 9.47 Å². The second-order valence-electron chi connectivity index (χ2n) is 7.22. The van der Waals surface area contributed by atoms with Crippen LogP contribution in [0.3, 0.4) is 0 Å². The van der Waals surface area contributed by atoms with Crippen LogP contribution >= 0.6 is 0 Å². The Morgan fingerprint density at radius 3 is 2.03 bits per heavy atom. The molecule has 0 N–H and O–H groups in total. The highest BCUT2D eigenvalue weighted by Crippen LogP contribution is 2.34. The van der Waals surface area contributed by atoms with E-state index in [1.807, 2.05) is 91.0 Å². The summed E-state index contributed by atoms with van der Waals surface area (Å²) in [5, 5.41) is 0. The molecule has 1 aromatic heterocycles. The Labute approximate surface area is 183 Å². The average molecular weight is 405 g/mol. The molecule has 0 aliphatic rings. The fourth-order valence-corrected chi connectivity index (χ4v) is 3.28. The van der Waals surface area contributed by atoms with Crippen LogP contribution in [0.4, 0.5) is 0 Å². The summed E-state index contributed by atoms with van der Waals surface area (Å²) in [7, 11) is 0. The van der Waals surface area contributed by atoms with E-state index >= 15 is 0 Å². The summed E-state index contributed by atoms with van der Waals surface area (Å²) in [5.41, 5.74) is 5.96. The fourth-order valence-electron chi connectivity index (χ4n) is 3.28. The first-order chi connectivity index (χ1) is 15.2. The molecular formula is C28H23NO2. The van der Waals surface area contributed by atoms with Gasteiger partial charge in [0.2, 0.25) is 11.8 Å². The van der Waals surface area contributed by atoms with E-state index in [0.717, 1.165) is 33.4 Å². The van der Waals surface area contributed by atoms with E-state index in [9.17, 15) is 0 Å². The molecule has 3 nitrogen and oxygen atoms in total. The van der Waals surface area contributed by atoms with Crippen LogP contribution in [0.15, 0.2) is 91.0 Å². The number of benzene rings is 3. The molecule has 152 valence electrons. The van der Waals surface area contributed by atoms with Crippen molar-refractivity contribution in [1.29, 1.82) is 0 Å². The van der Waals surface area contributed by atoms with Gasteiger partial charge in [0.1, 0.15) is 13.2 Å². The van der Waals surface area contributed by atoms with Crippen molar-refractivity contribution in [3.05, 3.63) is 113 Å². The SMILES string of the molecule is C#Cc1ccc(C)c(-c2ccc(OCc3ccccc3)nc2OCc2ccccc2)c1. The molecular weight excluding hydrogens is 382 g/mol. The van der Waals surface area contributed by atoms with Crippen molar-refractivity contribution in [1.82, 2.24) is 4.98 Å². The topological polar surface area (TPSA) is 31.4 Å². The molecule has 0 spiro atoms. The lowest BCUT2D eigenvalue weighted by Crippen LogP contribution is -2.03. The van der Waals surface area contributed by atoms with E-state index in [1.165, 1.54) is 0 Å². The van der Waals surface area contributed by atoms with Crippen molar-refractivity contribution in [3.8, 4) is 35.2 Å². The summed E-state index contributed by atoms with van der Waals surface area (Å²) in [6.45, 7) is 2.91. The van der Waals surface area contributed by atoms with E-state index in [0.29, 0.717) is 25.0 Å². The molecule has 0 fully saturated rings. The average Bonchev–Trinajstić information content (AvgIpc) is 2.83. The van der Waals surface area contributed by atoms with Gasteiger partial charge in [-0.25, -0.2) is 0 Å². The lowest BCUT2D eigenvalue weighted by Gasteiger charge is -2.15. The number of pyridine rings is 1. The van der Waals surface area contributed by atoms with Crippen molar-refractivity contribution < 1.29 is 9.47 Å². The number of aryl methyl sites for hydroxylation is 1. The highest BCUT2D eigenvalue weighted by atomic mass is 16.5. The smallest absolute Gasteiger partial charge is 0.225 e. The number of terminal acetylenes is 1. The maximum atomic E-state index is 6.16. The van der Waals surface area contributed by atoms with E-state index in [-0.39, 0.29) is 0 Å². The van der Waals surface area contributed by atoms with E-state index < -0.39 is 0 Å². The maximum absolute atomic E-state index is 6.16. The van der Waals surface area contributed by atoms with Gasteiger partial charge in [0, 0.05) is 17.2 Å². The molecule has 0 atom stereocenters. The number of rotatable bonds is 7. The molecule has 3 aromatic carbocycles. The first kappa shape index (κ1) is 20.3. The van der Waals surface area contributed by atoms with Crippen LogP contribution in [-0.4, -0.2) is 4.98 Å². The molecule has 4 aromatic rings. The summed E-state index contributed by atoms with van der Waals surface area (Å²) in [6, 6.07) is 29.8. The van der Waals surface area contributed by atoms with E-state index in [1.54, 1.807) is 0 Å². The second-order valence-corrected chi connectivity index (χ2v) is 7.22. The highest BCUT2D eigenvalue weighted by Gasteiger charge is 2.14. The Morgan fingerprint density at radius 2 is 1.39 bits per heavy atom. The number of aromatic nitrogens is 1. The van der Waals surface area contributed by atoms with Gasteiger partial charge in [0.15, 0.2) is 0 Å². The summed E-state index contributed by atoms with van der Waals surface area (Å²) in [5.74, 6) is 3.74. The molecule has 0 saturated carbocycles. The van der Waals surface area contributed by atoms with Crippen LogP contribution in [0.5, 0.6) is 11.8 Å². The minimum Gasteiger partial charge on any atom is -0.473 e. The highest BCUT2D eigenvalue weighted by molar-refractivity contribution is 5.73. The Hall–Kier alpha value is -4.03. The van der Waals surface area contributed by atoms with Gasteiger partial charge in [-0.15, -0.1) is 6.42 Å². The van der Waals surface area contributed by atoms with Gasteiger partial charge >= 0.3 is 0 Å². The van der Waals surface area contributed by atoms with Crippen molar-refractivity contribution in [3.63, 3.8) is 0 Å². The lowest BCUT2D eigenvalue weighted by atomic mass is 9.99. The van der Waals surface area contributed by atoms with Crippen LogP contribution < -0.4 is 9.47 Å². The zero-order chi connectivity index (χ0) is 21.5. The Kier molecular flexibility index (Phi) is 6.30. The van der Waals surface area contributed by atoms with Crippen LogP contribution in [0.25, 0.3) is 11.1 Å². The van der Waals surface area contributed by atoms with Gasteiger partial charge in [0.25, 0.3) is 0 Å². The molecule has 0 unspecified atom stereocenters. The quantitative estimate of drug-likeness (QED) is 0.343. The van der Waals surface area contributed by atoms with Crippen molar-refractivity contribution in [2.45, 2.75) is 20.1 Å². The molecule has 0 amide bonds. The van der Waals surface area contributed by atoms with Gasteiger partial charge in [-0.3, -0.25) is 0 Å². The summed E-state index contributed by atoms with van der Waals surface area (Å²) in [6.07, 6.45) is 5.62. The largest absolute Gasteiger partial charge is 0.473 e. The fraction of sp³-hybridized carbons (Fsp3) is 0.107. The molecule has 0 bridgehead atoms. The predicted molar refractivity (Wildman–Crippen MR) is 124 cm³/mol. The number of ether oxygens (including phenoxy) is 2.